The zero-order chi connectivity index (χ0) is 19.2. The summed E-state index contributed by atoms with van der Waals surface area (Å²) < 4.78 is 0. The fourth-order valence-corrected chi connectivity index (χ4v) is 2.94. The standard InChI is InChI=1S/C20H28N6O/c1-15(2)22-20(27)24-19-9-6-17(14-21-19)23-16-4-7-18(8-5-16)26-12-10-25(3)11-13-26/h4-9,14-15,23H,10-13H2,1-3H3,(H2,21,22,24,27). The number of nitrogens with zero attached hydrogens (tertiary/aromatic N) is 3. The molecule has 0 saturated carbocycles. The van der Waals surface area contributed by atoms with Crippen molar-refractivity contribution in [1.82, 2.24) is 15.2 Å². The molecule has 1 aliphatic heterocycles. The number of anilines is 4. The van der Waals surface area contributed by atoms with E-state index in [2.05, 4.69) is 62.0 Å². The highest BCUT2D eigenvalue weighted by molar-refractivity contribution is 5.88. The van der Waals surface area contributed by atoms with Crippen molar-refractivity contribution in [2.75, 3.05) is 48.8 Å². The Labute approximate surface area is 160 Å². The Morgan fingerprint density at radius 2 is 1.67 bits per heavy atom. The largest absolute Gasteiger partial charge is 0.369 e. The lowest BCUT2D eigenvalue weighted by Gasteiger charge is -2.34. The maximum atomic E-state index is 11.7. The van der Waals surface area contributed by atoms with Crippen molar-refractivity contribution >= 4 is 28.9 Å². The molecule has 2 heterocycles. The first-order valence-electron chi connectivity index (χ1n) is 9.34. The van der Waals surface area contributed by atoms with Crippen molar-refractivity contribution in [1.29, 1.82) is 0 Å². The molecule has 1 fully saturated rings. The summed E-state index contributed by atoms with van der Waals surface area (Å²) in [6.07, 6.45) is 1.71. The monoisotopic (exact) mass is 368 g/mol. The SMILES string of the molecule is CC(C)NC(=O)Nc1ccc(Nc2ccc(N3CCN(C)CC3)cc2)cn1. The highest BCUT2D eigenvalue weighted by Gasteiger charge is 2.13. The average molecular weight is 368 g/mol. The Bertz CT molecular complexity index is 736. The van der Waals surface area contributed by atoms with Crippen LogP contribution in [0.1, 0.15) is 13.8 Å². The van der Waals surface area contributed by atoms with Crippen LogP contribution < -0.4 is 20.9 Å². The van der Waals surface area contributed by atoms with Gasteiger partial charge < -0.3 is 20.4 Å². The fourth-order valence-electron chi connectivity index (χ4n) is 2.94. The van der Waals surface area contributed by atoms with Gasteiger partial charge in [-0.3, -0.25) is 5.32 Å². The first-order chi connectivity index (χ1) is 13.0. The second-order valence-electron chi connectivity index (χ2n) is 7.15. The molecule has 2 amide bonds. The molecule has 0 unspecified atom stereocenters. The summed E-state index contributed by atoms with van der Waals surface area (Å²) in [6, 6.07) is 12.0. The van der Waals surface area contributed by atoms with Crippen molar-refractivity contribution in [3.05, 3.63) is 42.6 Å². The van der Waals surface area contributed by atoms with Crippen molar-refractivity contribution in [3.63, 3.8) is 0 Å². The van der Waals surface area contributed by atoms with E-state index in [4.69, 9.17) is 0 Å². The number of amides is 2. The van der Waals surface area contributed by atoms with Gasteiger partial charge in [0.15, 0.2) is 0 Å². The predicted molar refractivity (Wildman–Crippen MR) is 111 cm³/mol. The van der Waals surface area contributed by atoms with Crippen molar-refractivity contribution < 1.29 is 4.79 Å². The van der Waals surface area contributed by atoms with Crippen LogP contribution in [0.4, 0.5) is 27.7 Å². The van der Waals surface area contributed by atoms with Gasteiger partial charge >= 0.3 is 6.03 Å². The van der Waals surface area contributed by atoms with E-state index in [1.165, 1.54) is 5.69 Å². The van der Waals surface area contributed by atoms with Crippen LogP contribution in [0.25, 0.3) is 0 Å². The third kappa shape index (κ3) is 5.59. The fraction of sp³-hybridized carbons (Fsp3) is 0.400. The van der Waals surface area contributed by atoms with Gasteiger partial charge in [0.25, 0.3) is 0 Å². The van der Waals surface area contributed by atoms with Crippen LogP contribution in [0.5, 0.6) is 0 Å². The summed E-state index contributed by atoms with van der Waals surface area (Å²) in [5.41, 5.74) is 3.13. The number of pyridine rings is 1. The molecule has 3 rings (SSSR count). The van der Waals surface area contributed by atoms with Crippen LogP contribution in [0.2, 0.25) is 0 Å². The number of carbonyl (C=O) groups excluding carboxylic acids is 1. The maximum Gasteiger partial charge on any atom is 0.320 e. The number of carbonyl (C=O) groups is 1. The normalized spacial score (nSPS) is 14.9. The van der Waals surface area contributed by atoms with Crippen LogP contribution in [-0.4, -0.2) is 55.2 Å². The topological polar surface area (TPSA) is 72.5 Å². The van der Waals surface area contributed by atoms with E-state index in [0.717, 1.165) is 37.6 Å². The van der Waals surface area contributed by atoms with Crippen LogP contribution in [-0.2, 0) is 0 Å². The molecule has 0 atom stereocenters. The summed E-state index contributed by atoms with van der Waals surface area (Å²) in [6.45, 7) is 8.14. The van der Waals surface area contributed by atoms with Crippen molar-refractivity contribution in [3.8, 4) is 0 Å². The third-order valence-electron chi connectivity index (χ3n) is 4.45. The Kier molecular flexibility index (Phi) is 6.13. The van der Waals surface area contributed by atoms with Crippen LogP contribution >= 0.6 is 0 Å². The number of hydrogen-bond donors (Lipinski definition) is 3. The summed E-state index contributed by atoms with van der Waals surface area (Å²) >= 11 is 0. The highest BCUT2D eigenvalue weighted by atomic mass is 16.2. The van der Waals surface area contributed by atoms with Crippen molar-refractivity contribution in [2.45, 2.75) is 19.9 Å². The quantitative estimate of drug-likeness (QED) is 0.756. The van der Waals surface area contributed by atoms with E-state index < -0.39 is 0 Å². The van der Waals surface area contributed by atoms with E-state index in [1.54, 1.807) is 12.3 Å². The van der Waals surface area contributed by atoms with Gasteiger partial charge in [-0.2, -0.15) is 0 Å². The molecule has 2 aromatic rings. The highest BCUT2D eigenvalue weighted by Crippen LogP contribution is 2.22. The van der Waals surface area contributed by atoms with Crippen LogP contribution in [0, 0.1) is 0 Å². The molecule has 1 aromatic carbocycles. The van der Waals surface area contributed by atoms with Gasteiger partial charge in [-0.15, -0.1) is 0 Å². The second-order valence-corrected chi connectivity index (χ2v) is 7.15. The Balaban J connectivity index is 1.55. The molecule has 1 saturated heterocycles. The molecule has 1 aliphatic rings. The van der Waals surface area contributed by atoms with Gasteiger partial charge in [-0.1, -0.05) is 0 Å². The molecule has 0 radical (unpaired) electrons. The molecule has 0 aliphatic carbocycles. The lowest BCUT2D eigenvalue weighted by Crippen LogP contribution is -2.44. The summed E-state index contributed by atoms with van der Waals surface area (Å²) in [4.78, 5) is 20.7. The number of rotatable bonds is 5. The zero-order valence-electron chi connectivity index (χ0n) is 16.2. The van der Waals surface area contributed by atoms with Gasteiger partial charge in [-0.05, 0) is 57.3 Å². The van der Waals surface area contributed by atoms with Gasteiger partial charge in [-0.25, -0.2) is 9.78 Å². The van der Waals surface area contributed by atoms with E-state index in [0.29, 0.717) is 5.82 Å². The molecule has 0 spiro atoms. The number of urea groups is 1. The number of hydrogen-bond acceptors (Lipinski definition) is 5. The van der Waals surface area contributed by atoms with Gasteiger partial charge in [0.2, 0.25) is 0 Å². The molecule has 0 bridgehead atoms. The van der Waals surface area contributed by atoms with Crippen molar-refractivity contribution in [2.24, 2.45) is 0 Å². The van der Waals surface area contributed by atoms with E-state index in [9.17, 15) is 4.79 Å². The molecule has 7 heteroatoms. The zero-order valence-corrected chi connectivity index (χ0v) is 16.2. The molecular formula is C20H28N6O. The summed E-state index contributed by atoms with van der Waals surface area (Å²) in [5.74, 6) is 0.518. The van der Waals surface area contributed by atoms with Crippen LogP contribution in [0.3, 0.4) is 0 Å². The Morgan fingerprint density at radius 3 is 2.26 bits per heavy atom. The minimum Gasteiger partial charge on any atom is -0.369 e. The molecule has 7 nitrogen and oxygen atoms in total. The number of piperazine rings is 1. The lowest BCUT2D eigenvalue weighted by molar-refractivity contribution is 0.250. The number of nitrogens with one attached hydrogen (secondary N) is 3. The smallest absolute Gasteiger partial charge is 0.320 e. The average Bonchev–Trinajstić information content (AvgIpc) is 2.64. The van der Waals surface area contributed by atoms with Gasteiger partial charge in [0.1, 0.15) is 5.82 Å². The van der Waals surface area contributed by atoms with E-state index in [-0.39, 0.29) is 12.1 Å². The third-order valence-corrected chi connectivity index (χ3v) is 4.45. The molecular weight excluding hydrogens is 340 g/mol. The lowest BCUT2D eigenvalue weighted by atomic mass is 10.2. The van der Waals surface area contributed by atoms with E-state index >= 15 is 0 Å². The Morgan fingerprint density at radius 1 is 1.00 bits per heavy atom. The molecule has 1 aromatic heterocycles. The number of aromatic nitrogens is 1. The van der Waals surface area contributed by atoms with Crippen LogP contribution in [0.15, 0.2) is 42.6 Å². The maximum absolute atomic E-state index is 11.7. The predicted octanol–water partition coefficient (Wildman–Crippen LogP) is 3.11. The van der Waals surface area contributed by atoms with Gasteiger partial charge in [0.05, 0.1) is 11.9 Å². The summed E-state index contributed by atoms with van der Waals surface area (Å²) in [5, 5.41) is 8.82. The first kappa shape index (κ1) is 19.0. The Hall–Kier alpha value is -2.80. The second kappa shape index (κ2) is 8.73. The molecule has 3 N–H and O–H groups in total. The summed E-state index contributed by atoms with van der Waals surface area (Å²) in [7, 11) is 2.16. The van der Waals surface area contributed by atoms with Gasteiger partial charge in [0, 0.05) is 43.6 Å². The molecule has 27 heavy (non-hydrogen) atoms. The minimum absolute atomic E-state index is 0.0831. The van der Waals surface area contributed by atoms with E-state index in [1.807, 2.05) is 19.9 Å². The number of likely N-dealkylation sites (N-methyl/N-ethyl adjacent to an activating group) is 1. The minimum atomic E-state index is -0.252. The number of benzene rings is 1. The first-order valence-corrected chi connectivity index (χ1v) is 9.34. The molecule has 144 valence electrons.